The van der Waals surface area contributed by atoms with Crippen molar-refractivity contribution in [1.29, 1.82) is 10.5 Å². The van der Waals surface area contributed by atoms with E-state index in [1.165, 1.54) is 144 Å². The maximum absolute atomic E-state index is 12.1. The molecule has 139 heavy (non-hydrogen) atoms. The Hall–Kier alpha value is -7.25. The van der Waals surface area contributed by atoms with Crippen LogP contribution >= 0.6 is 172 Å². The summed E-state index contributed by atoms with van der Waals surface area (Å²) in [6.07, 6.45) is 49.5. The quantitative estimate of drug-likeness (QED) is 0.00300. The number of fused-ring (bicyclic) bond motifs is 5. The van der Waals surface area contributed by atoms with Gasteiger partial charge in [0.15, 0.2) is 36.1 Å². The molecule has 4 saturated carbocycles. The van der Waals surface area contributed by atoms with Crippen molar-refractivity contribution < 1.29 is 68.6 Å². The van der Waals surface area contributed by atoms with Crippen LogP contribution in [0.25, 0.3) is 22.1 Å². The second-order valence-electron chi connectivity index (χ2n) is 30.9. The zero-order valence-electron chi connectivity index (χ0n) is 80.5. The molecule has 4 fully saturated rings. The summed E-state index contributed by atoms with van der Waals surface area (Å²) in [4.78, 5) is 135. The van der Waals surface area contributed by atoms with Crippen LogP contribution in [0.1, 0.15) is 190 Å². The Morgan fingerprint density at radius 3 is 1.42 bits per heavy atom. The van der Waals surface area contributed by atoms with E-state index in [1.807, 2.05) is 75.1 Å². The zero-order valence-corrected chi connectivity index (χ0v) is 92.3. The topological polar surface area (TPSA) is 531 Å². The minimum atomic E-state index is -3.22. The highest BCUT2D eigenvalue weighted by Crippen LogP contribution is 2.61. The van der Waals surface area contributed by atoms with Crippen molar-refractivity contribution in [2.45, 2.75) is 251 Å². The van der Waals surface area contributed by atoms with E-state index in [9.17, 15) is 42.5 Å². The molecule has 9 aromatic rings. The number of thioether (sulfide) groups is 7. The summed E-state index contributed by atoms with van der Waals surface area (Å²) in [5.74, 6) is 0.600. The Bertz CT molecular complexity index is 5610. The first-order valence-corrected chi connectivity index (χ1v) is 57.9. The number of aryl methyl sites for hydroxylation is 2. The molecular formula is C87H119BrCl6FN22O14PS7. The van der Waals surface area contributed by atoms with E-state index in [1.54, 1.807) is 55.9 Å². The van der Waals surface area contributed by atoms with E-state index in [0.717, 1.165) is 145 Å². The van der Waals surface area contributed by atoms with Crippen molar-refractivity contribution >= 4 is 248 Å². The fourth-order valence-corrected chi connectivity index (χ4v) is 18.4. The first-order chi connectivity index (χ1) is 66.7. The Labute approximate surface area is 878 Å². The van der Waals surface area contributed by atoms with Gasteiger partial charge in [0.25, 0.3) is 5.56 Å². The van der Waals surface area contributed by atoms with Gasteiger partial charge in [-0.1, -0.05) is 210 Å². The average Bonchev–Trinajstić information content (AvgIpc) is 1.56. The number of hydrogen-bond acceptors (Lipinski definition) is 39. The average molecular weight is 2270 g/mol. The highest BCUT2D eigenvalue weighted by molar-refractivity contribution is 9.08. The van der Waals surface area contributed by atoms with Crippen LogP contribution in [0.2, 0.25) is 15.5 Å². The number of aromatic amines is 1. The molecule has 52 heteroatoms. The minimum absolute atomic E-state index is 0.0562. The lowest BCUT2D eigenvalue weighted by molar-refractivity contribution is -0.176. The van der Waals surface area contributed by atoms with Gasteiger partial charge >= 0.3 is 29.1 Å². The predicted octanol–water partition coefficient (Wildman–Crippen LogP) is 21.3. The fourth-order valence-electron chi connectivity index (χ4n) is 14.7. The summed E-state index contributed by atoms with van der Waals surface area (Å²) in [6, 6.07) is 8.04. The van der Waals surface area contributed by atoms with Crippen molar-refractivity contribution in [3.63, 3.8) is 0 Å². The standard InChI is InChI=1S/2C16H22N4O2S.C15H18N4OS.C9H17NO2.C7H6ClN3S.C6H6BrClN2S.C6H7ClN2S.C6H8N2OS.C5H8O3.CH3F.Cl3OP.H2O2/c1-22-13(21)9-16(6-4-3-5-7-16)20-12(17)8-11-10-18-15(23-2)19-14(11)20;1-22-13(21)10-16(7-4-3-5-8-16)20-14-12(6-9-17)11-18-15(19-14)23-2;1-21-14-16-9-10-7-11-17-12(20)8-15(5-3-2-4-6-15)19(11)13(10)18-14;1-12-8(11)7-9(10)5-3-2-4-6-9;1-12-7-10-4-5(2-3-9)6(8)11-7;1-11-6-9-3-4(2-7)5(8)10-6;1-4-3-8-6(10-2)9-5(4)7;1-4-3-7-6(10-2)8-5(4)9;1-4(3-6)5(7)8-2;1-2;1-5(2,3)4;1-2/h8,10H,3-7,9,17H2,1-2H3;11H,3-8,10H2,1-2H3,(H,18,19,20);7,9H,2-6,8H2,1H3,(H,17,20);2-7,10H2,1H3;4H,2H2,1H3;3H,2H2,1H3;3H,1-2H3;3H,1-2H3,(H,7,8,9);3-4H,1-2H3;1H3;;1-2H/i;;;;;;;;;1D;;. The first-order valence-electron chi connectivity index (χ1n) is 43.4. The van der Waals surface area contributed by atoms with Gasteiger partial charge in [-0.2, -0.15) is 10.5 Å². The third-order valence-electron chi connectivity index (χ3n) is 21.5. The molecule has 0 bridgehead atoms. The number of alkyl halides is 2. The third kappa shape index (κ3) is 42.9. The third-order valence-corrected chi connectivity index (χ3v) is 27.1. The molecule has 0 aromatic carbocycles. The molecule has 1 amide bonds. The minimum Gasteiger partial charge on any atom is -0.469 e. The largest absolute Gasteiger partial charge is 0.469 e. The van der Waals surface area contributed by atoms with Gasteiger partial charge in [0.05, 0.1) is 98.7 Å². The van der Waals surface area contributed by atoms with E-state index in [4.69, 9.17) is 83.1 Å². The van der Waals surface area contributed by atoms with Crippen LogP contribution in [-0.4, -0.2) is 216 Å². The summed E-state index contributed by atoms with van der Waals surface area (Å²) >= 11 is 44.8. The van der Waals surface area contributed by atoms with Gasteiger partial charge < -0.3 is 60.0 Å². The molecule has 9 aromatic heterocycles. The highest BCUT2D eigenvalue weighted by atomic mass is 79.9. The van der Waals surface area contributed by atoms with Crippen molar-refractivity contribution in [3.05, 3.63) is 109 Å². The van der Waals surface area contributed by atoms with Crippen molar-refractivity contribution in [3.8, 4) is 12.1 Å². The summed E-state index contributed by atoms with van der Waals surface area (Å²) in [6.45, 7) is 5.10. The summed E-state index contributed by atoms with van der Waals surface area (Å²) in [5, 5.41) is 41.6. The maximum Gasteiger partial charge on any atom is 0.339 e. The number of rotatable bonds is 21. The molecule has 5 aliphatic rings. The van der Waals surface area contributed by atoms with E-state index < -0.39 is 24.2 Å². The number of hydrogen-bond donors (Lipinski definition) is 7. The van der Waals surface area contributed by atoms with E-state index >= 15 is 0 Å². The number of nitriles is 2. The van der Waals surface area contributed by atoms with Gasteiger partial charge in [-0.25, -0.2) is 64.8 Å². The number of nitrogen functional groups attached to an aromatic ring is 1. The van der Waals surface area contributed by atoms with Crippen LogP contribution in [0.15, 0.2) is 96.4 Å². The molecule has 1 unspecified atom stereocenters. The number of amides is 1. The zero-order chi connectivity index (χ0) is 105. The van der Waals surface area contributed by atoms with Gasteiger partial charge in [-0.3, -0.25) is 48.2 Å². The first kappa shape index (κ1) is 124. The number of halogens is 8. The van der Waals surface area contributed by atoms with E-state index in [0.29, 0.717) is 101 Å². The molecular weight excluding hydrogens is 2140 g/mol. The number of carbonyl (C=O) groups excluding carboxylic acids is 6. The molecule has 4 aliphatic carbocycles. The van der Waals surface area contributed by atoms with Crippen LogP contribution in [0.3, 0.4) is 0 Å². The number of esters is 4. The Morgan fingerprint density at radius 1 is 0.583 bits per heavy atom. The normalized spacial score (nSPS) is 14.9. The number of nitrogens with two attached hydrogens (primary N) is 2. The van der Waals surface area contributed by atoms with E-state index in [2.05, 4.69) is 150 Å². The number of nitrogens with zero attached hydrogens (tertiary/aromatic N) is 17. The second-order valence-corrected chi connectivity index (χ2v) is 44.7. The lowest BCUT2D eigenvalue weighted by Gasteiger charge is -2.42. The van der Waals surface area contributed by atoms with Crippen LogP contribution in [0, 0.1) is 42.4 Å². The van der Waals surface area contributed by atoms with Gasteiger partial charge in [-0.15, -0.1) is 0 Å². The number of carbonyl (C=O) groups is 6. The molecule has 764 valence electrons. The van der Waals surface area contributed by atoms with Gasteiger partial charge in [0.1, 0.15) is 56.4 Å². The Kier molecular flexibility index (Phi) is 59.5. The molecule has 0 radical (unpaired) electrons. The molecule has 1 atom stereocenters. The van der Waals surface area contributed by atoms with E-state index in [-0.39, 0.29) is 64.4 Å². The number of aromatic nitrogens is 16. The Morgan fingerprint density at radius 2 is 0.986 bits per heavy atom. The van der Waals surface area contributed by atoms with Gasteiger partial charge in [0, 0.05) is 98.4 Å². The summed E-state index contributed by atoms with van der Waals surface area (Å²) in [5.41, 5.74) is 17.0. The number of aldehydes is 1. The molecule has 14 rings (SSSR count). The molecule has 36 nitrogen and oxygen atoms in total. The van der Waals surface area contributed by atoms with Crippen LogP contribution in [-0.2, 0) is 81.5 Å². The van der Waals surface area contributed by atoms with Crippen LogP contribution in [0.4, 0.5) is 21.8 Å². The lowest BCUT2D eigenvalue weighted by Crippen LogP contribution is -2.44. The fraction of sp³-hybridized carbons (Fsp3) is 0.540. The van der Waals surface area contributed by atoms with Crippen LogP contribution < -0.4 is 27.7 Å². The number of anilines is 3. The van der Waals surface area contributed by atoms with Crippen LogP contribution in [0.5, 0.6) is 0 Å². The number of H-pyrrole nitrogens is 1. The number of nitrogens with one attached hydrogen (secondary N) is 3. The number of methoxy groups -OCH3 is 4. The maximum atomic E-state index is 12.1. The summed E-state index contributed by atoms with van der Waals surface area (Å²) in [7, 11) is 4.51. The smallest absolute Gasteiger partial charge is 0.339 e. The predicted molar refractivity (Wildman–Crippen MR) is 560 cm³/mol. The van der Waals surface area contributed by atoms with Crippen molar-refractivity contribution in [1.82, 2.24) is 78.9 Å². The van der Waals surface area contributed by atoms with Gasteiger partial charge in [0.2, 0.25) is 5.91 Å². The Balaban J connectivity index is 0.000000409. The SMILES string of the molecule is COC(=O)C(C)C=O.COC(=O)CC1(N)CCCCC1.COC(=O)CC1(Nc2nc(SC)ncc2CC#N)CCCCC1.COC(=O)CC1(n2c(N)cc3cnc(SC)nc32)CCCCC1.CSc1ncc(C)c(=O)[nH]1.CSc1ncc(C)c(Cl)n1.CSc1ncc(CBr)c(Cl)n1.CSc1ncc(CC#N)c(Cl)n1.CSc1ncc2cc3n(c2n1)C1(CCCCC1)CC(=O)N3.O=P(Cl)(Cl)Cl.OO.[2H]CF. The monoisotopic (exact) mass is 2260 g/mol. The molecule has 10 heterocycles. The van der Waals surface area contributed by atoms with Gasteiger partial charge in [-0.05, 0) is 162 Å². The number of ether oxygens (including phenoxy) is 4. The second kappa shape index (κ2) is 66.6. The molecule has 0 saturated heterocycles. The molecule has 1 spiro atoms. The molecule has 1 aliphatic heterocycles. The van der Waals surface area contributed by atoms with Crippen molar-refractivity contribution in [2.75, 3.05) is 95.8 Å². The molecule has 9 N–H and O–H groups in total. The lowest BCUT2D eigenvalue weighted by atomic mass is 9.78. The highest BCUT2D eigenvalue weighted by Gasteiger charge is 2.43. The summed E-state index contributed by atoms with van der Waals surface area (Å²) < 4.78 is 48.0. The van der Waals surface area contributed by atoms with Crippen molar-refractivity contribution in [2.24, 2.45) is 11.7 Å².